The maximum atomic E-state index is 7.58. The van der Waals surface area contributed by atoms with E-state index >= 15 is 0 Å². The van der Waals surface area contributed by atoms with Gasteiger partial charge in [0.25, 0.3) is 0 Å². The SMILES string of the molecule is [NH]C1CCC2CCCN2C1. The minimum Gasteiger partial charge on any atom is -0.299 e. The normalized spacial score (nSPS) is 41.7. The lowest BCUT2D eigenvalue weighted by molar-refractivity contribution is 0.177. The highest BCUT2D eigenvalue weighted by Gasteiger charge is 2.29. The van der Waals surface area contributed by atoms with Crippen molar-refractivity contribution in [1.29, 1.82) is 0 Å². The molecule has 2 aliphatic heterocycles. The fraction of sp³-hybridized carbons (Fsp3) is 1.00. The second-order valence-corrected chi connectivity index (χ2v) is 3.57. The van der Waals surface area contributed by atoms with Crippen LogP contribution in [0.5, 0.6) is 0 Å². The van der Waals surface area contributed by atoms with E-state index < -0.39 is 0 Å². The molecule has 2 saturated heterocycles. The van der Waals surface area contributed by atoms with Gasteiger partial charge in [0.05, 0.1) is 0 Å². The van der Waals surface area contributed by atoms with Crippen LogP contribution < -0.4 is 5.73 Å². The lowest BCUT2D eigenvalue weighted by atomic mass is 10.00. The van der Waals surface area contributed by atoms with Gasteiger partial charge in [-0.15, -0.1) is 0 Å². The minimum atomic E-state index is 0.217. The van der Waals surface area contributed by atoms with E-state index in [2.05, 4.69) is 4.90 Å². The van der Waals surface area contributed by atoms with Crippen molar-refractivity contribution >= 4 is 0 Å². The van der Waals surface area contributed by atoms with Crippen LogP contribution in [0.3, 0.4) is 0 Å². The number of piperidine rings is 1. The predicted octanol–water partition coefficient (Wildman–Crippen LogP) is 0.896. The number of hydrogen-bond donors (Lipinski definition) is 0. The maximum absolute atomic E-state index is 7.58. The molecule has 1 radical (unpaired) electrons. The minimum absolute atomic E-state index is 0.217. The van der Waals surface area contributed by atoms with Crippen LogP contribution >= 0.6 is 0 Å². The fourth-order valence-corrected chi connectivity index (χ4v) is 2.23. The molecule has 0 aromatic rings. The quantitative estimate of drug-likeness (QED) is 0.490. The van der Waals surface area contributed by atoms with Crippen molar-refractivity contribution in [3.05, 3.63) is 0 Å². The summed E-state index contributed by atoms with van der Waals surface area (Å²) in [5.41, 5.74) is 7.58. The van der Waals surface area contributed by atoms with Crippen LogP contribution in [0.4, 0.5) is 0 Å². The molecule has 0 aromatic carbocycles. The molecule has 2 atom stereocenters. The molecule has 10 heavy (non-hydrogen) atoms. The average Bonchev–Trinajstić information content (AvgIpc) is 2.33. The summed E-state index contributed by atoms with van der Waals surface area (Å²) in [6.45, 7) is 2.31. The summed E-state index contributed by atoms with van der Waals surface area (Å²) >= 11 is 0. The van der Waals surface area contributed by atoms with Crippen molar-refractivity contribution in [3.8, 4) is 0 Å². The van der Waals surface area contributed by atoms with Gasteiger partial charge in [0.2, 0.25) is 0 Å². The molecule has 2 nitrogen and oxygen atoms in total. The smallest absolute Gasteiger partial charge is 0.0341 e. The second kappa shape index (κ2) is 2.51. The van der Waals surface area contributed by atoms with Gasteiger partial charge in [0, 0.05) is 18.6 Å². The van der Waals surface area contributed by atoms with E-state index in [1.807, 2.05) is 0 Å². The monoisotopic (exact) mass is 139 g/mol. The average molecular weight is 139 g/mol. The van der Waals surface area contributed by atoms with E-state index in [0.29, 0.717) is 0 Å². The molecule has 2 aliphatic rings. The Morgan fingerprint density at radius 2 is 2.10 bits per heavy atom. The topological polar surface area (TPSA) is 27.0 Å². The zero-order chi connectivity index (χ0) is 6.97. The summed E-state index contributed by atoms with van der Waals surface area (Å²) in [4.78, 5) is 2.50. The maximum Gasteiger partial charge on any atom is 0.0341 e. The Kier molecular flexibility index (Phi) is 1.66. The van der Waals surface area contributed by atoms with Crippen molar-refractivity contribution in [2.75, 3.05) is 13.1 Å². The first-order valence-corrected chi connectivity index (χ1v) is 4.31. The summed E-state index contributed by atoms with van der Waals surface area (Å²) < 4.78 is 0. The second-order valence-electron chi connectivity index (χ2n) is 3.57. The molecule has 2 heterocycles. The first-order chi connectivity index (χ1) is 4.86. The number of nitrogens with zero attached hydrogens (tertiary/aromatic N) is 1. The molecule has 0 aliphatic carbocycles. The Labute approximate surface area is 62.4 Å². The van der Waals surface area contributed by atoms with Gasteiger partial charge in [-0.3, -0.25) is 10.6 Å². The van der Waals surface area contributed by atoms with Crippen LogP contribution in [-0.4, -0.2) is 30.1 Å². The fourth-order valence-electron chi connectivity index (χ4n) is 2.23. The summed E-state index contributed by atoms with van der Waals surface area (Å²) in [7, 11) is 0. The first-order valence-electron chi connectivity index (χ1n) is 4.31. The molecule has 2 unspecified atom stereocenters. The van der Waals surface area contributed by atoms with E-state index in [-0.39, 0.29) is 6.04 Å². The molecular formula is C8H15N2. The first kappa shape index (κ1) is 6.62. The molecule has 2 rings (SSSR count). The molecule has 1 N–H and O–H groups in total. The molecule has 0 bridgehead atoms. The van der Waals surface area contributed by atoms with E-state index in [1.54, 1.807) is 0 Å². The Hall–Kier alpha value is -0.0800. The van der Waals surface area contributed by atoms with Gasteiger partial charge in [0.15, 0.2) is 0 Å². The standard InChI is InChI=1S/C8H15N2/c9-7-3-4-8-2-1-5-10(8)6-7/h7-9H,1-6H2. The number of fused-ring (bicyclic) bond motifs is 1. The van der Waals surface area contributed by atoms with Crippen molar-refractivity contribution in [2.24, 2.45) is 0 Å². The van der Waals surface area contributed by atoms with Gasteiger partial charge in [0.1, 0.15) is 0 Å². The van der Waals surface area contributed by atoms with Gasteiger partial charge < -0.3 is 0 Å². The molecule has 2 fully saturated rings. The molecule has 57 valence electrons. The molecule has 0 aromatic heterocycles. The van der Waals surface area contributed by atoms with E-state index in [4.69, 9.17) is 5.73 Å². The summed E-state index contributed by atoms with van der Waals surface area (Å²) in [6.07, 6.45) is 5.19. The van der Waals surface area contributed by atoms with Crippen molar-refractivity contribution in [1.82, 2.24) is 10.6 Å². The van der Waals surface area contributed by atoms with E-state index in [9.17, 15) is 0 Å². The van der Waals surface area contributed by atoms with Crippen molar-refractivity contribution in [2.45, 2.75) is 37.8 Å². The number of rotatable bonds is 0. The third-order valence-corrected chi connectivity index (χ3v) is 2.80. The number of hydrogen-bond acceptors (Lipinski definition) is 1. The predicted molar refractivity (Wildman–Crippen MR) is 40.7 cm³/mol. The van der Waals surface area contributed by atoms with Crippen LogP contribution in [-0.2, 0) is 0 Å². The Morgan fingerprint density at radius 3 is 3.00 bits per heavy atom. The zero-order valence-electron chi connectivity index (χ0n) is 6.34. The van der Waals surface area contributed by atoms with Crippen LogP contribution in [0.2, 0.25) is 0 Å². The van der Waals surface area contributed by atoms with E-state index in [0.717, 1.165) is 19.0 Å². The molecule has 2 heteroatoms. The molecule has 0 spiro atoms. The third-order valence-electron chi connectivity index (χ3n) is 2.80. The zero-order valence-corrected chi connectivity index (χ0v) is 6.34. The Bertz CT molecular complexity index is 124. The van der Waals surface area contributed by atoms with Gasteiger partial charge in [-0.1, -0.05) is 0 Å². The molecule has 0 saturated carbocycles. The van der Waals surface area contributed by atoms with Crippen LogP contribution in [0, 0.1) is 0 Å². The number of nitrogens with one attached hydrogen (secondary N) is 1. The third kappa shape index (κ3) is 1.06. The van der Waals surface area contributed by atoms with Gasteiger partial charge in [-0.2, -0.15) is 0 Å². The van der Waals surface area contributed by atoms with Gasteiger partial charge >= 0.3 is 0 Å². The van der Waals surface area contributed by atoms with Crippen LogP contribution in [0.1, 0.15) is 25.7 Å². The van der Waals surface area contributed by atoms with Crippen LogP contribution in [0.15, 0.2) is 0 Å². The molecule has 0 amide bonds. The lowest BCUT2D eigenvalue weighted by Gasteiger charge is -2.32. The van der Waals surface area contributed by atoms with Crippen LogP contribution in [0.25, 0.3) is 0 Å². The highest BCUT2D eigenvalue weighted by molar-refractivity contribution is 4.87. The van der Waals surface area contributed by atoms with Gasteiger partial charge in [-0.05, 0) is 32.2 Å². The van der Waals surface area contributed by atoms with Crippen molar-refractivity contribution in [3.63, 3.8) is 0 Å². The Balaban J connectivity index is 1.96. The molecular weight excluding hydrogens is 124 g/mol. The highest BCUT2D eigenvalue weighted by Crippen LogP contribution is 2.26. The summed E-state index contributed by atoms with van der Waals surface area (Å²) in [5, 5.41) is 0. The largest absolute Gasteiger partial charge is 0.299 e. The van der Waals surface area contributed by atoms with E-state index in [1.165, 1.54) is 25.8 Å². The summed E-state index contributed by atoms with van der Waals surface area (Å²) in [5.74, 6) is 0. The summed E-state index contributed by atoms with van der Waals surface area (Å²) in [6, 6.07) is 1.08. The van der Waals surface area contributed by atoms with Crippen molar-refractivity contribution < 1.29 is 0 Å². The lowest BCUT2D eigenvalue weighted by Crippen LogP contribution is -2.42. The van der Waals surface area contributed by atoms with Gasteiger partial charge in [-0.25, -0.2) is 0 Å². The Morgan fingerprint density at radius 1 is 1.20 bits per heavy atom. The highest BCUT2D eigenvalue weighted by atomic mass is 15.2.